The minimum atomic E-state index is -0.219. The Hall–Kier alpha value is -2.24. The summed E-state index contributed by atoms with van der Waals surface area (Å²) in [5, 5.41) is 20.8. The van der Waals surface area contributed by atoms with E-state index in [4.69, 9.17) is 10.9 Å². The van der Waals surface area contributed by atoms with E-state index in [0.29, 0.717) is 6.54 Å². The zero-order chi connectivity index (χ0) is 14.4. The van der Waals surface area contributed by atoms with Crippen molar-refractivity contribution in [2.45, 2.75) is 13.3 Å². The smallest absolute Gasteiger partial charge is 0.226 e. The lowest BCUT2D eigenvalue weighted by atomic mass is 10.1. The summed E-state index contributed by atoms with van der Waals surface area (Å²) in [4.78, 5) is 13.5. The van der Waals surface area contributed by atoms with E-state index in [1.54, 1.807) is 38.2 Å². The van der Waals surface area contributed by atoms with Crippen molar-refractivity contribution in [2.24, 2.45) is 16.8 Å². The van der Waals surface area contributed by atoms with Crippen molar-refractivity contribution in [1.82, 2.24) is 4.90 Å². The van der Waals surface area contributed by atoms with Crippen molar-refractivity contribution in [2.75, 3.05) is 13.6 Å². The molecule has 6 heteroatoms. The molecule has 0 aromatic heterocycles. The number of carbonyl (C=O) groups is 1. The average molecular weight is 265 g/mol. The maximum atomic E-state index is 12.0. The van der Waals surface area contributed by atoms with Gasteiger partial charge in [0.2, 0.25) is 5.91 Å². The van der Waals surface area contributed by atoms with Crippen LogP contribution in [-0.4, -0.2) is 40.5 Å². The third-order valence-electron chi connectivity index (χ3n) is 2.86. The molecule has 0 fully saturated rings. The summed E-state index contributed by atoms with van der Waals surface area (Å²) in [7, 11) is 1.66. The first-order chi connectivity index (χ1) is 8.93. The van der Waals surface area contributed by atoms with E-state index >= 15 is 0 Å². The first-order valence-electron chi connectivity index (χ1n) is 5.93. The first kappa shape index (κ1) is 14.8. The highest BCUT2D eigenvalue weighted by atomic mass is 16.4. The Kier molecular flexibility index (Phi) is 5.17. The lowest BCUT2D eigenvalue weighted by Crippen LogP contribution is -2.37. The van der Waals surface area contributed by atoms with Crippen LogP contribution in [0.5, 0.6) is 5.75 Å². The number of aromatic hydroxyl groups is 1. The minimum absolute atomic E-state index is 0.0943. The SMILES string of the molecule is CC(CN(C)C(=O)Cc1cccc(O)c1)/C(N)=N/O. The zero-order valence-corrected chi connectivity index (χ0v) is 11.1. The van der Waals surface area contributed by atoms with E-state index in [0.717, 1.165) is 5.56 Å². The molecule has 0 aliphatic rings. The average Bonchev–Trinajstić information content (AvgIpc) is 2.37. The van der Waals surface area contributed by atoms with Gasteiger partial charge in [-0.25, -0.2) is 0 Å². The number of amides is 1. The van der Waals surface area contributed by atoms with Crippen LogP contribution in [0.15, 0.2) is 29.4 Å². The molecule has 19 heavy (non-hydrogen) atoms. The Morgan fingerprint density at radius 1 is 1.53 bits per heavy atom. The molecule has 0 aliphatic carbocycles. The first-order valence-corrected chi connectivity index (χ1v) is 5.93. The lowest BCUT2D eigenvalue weighted by Gasteiger charge is -2.21. The van der Waals surface area contributed by atoms with Gasteiger partial charge in [-0.05, 0) is 17.7 Å². The number of phenols is 1. The molecule has 1 rings (SSSR count). The molecule has 0 saturated heterocycles. The van der Waals surface area contributed by atoms with Gasteiger partial charge >= 0.3 is 0 Å². The van der Waals surface area contributed by atoms with Crippen LogP contribution in [0.2, 0.25) is 0 Å². The largest absolute Gasteiger partial charge is 0.508 e. The fourth-order valence-corrected chi connectivity index (χ4v) is 1.68. The van der Waals surface area contributed by atoms with Crippen molar-refractivity contribution in [3.63, 3.8) is 0 Å². The van der Waals surface area contributed by atoms with Gasteiger partial charge in [0.15, 0.2) is 0 Å². The summed E-state index contributed by atoms with van der Waals surface area (Å²) < 4.78 is 0. The van der Waals surface area contributed by atoms with Gasteiger partial charge in [0.25, 0.3) is 0 Å². The predicted molar refractivity (Wildman–Crippen MR) is 72.0 cm³/mol. The van der Waals surface area contributed by atoms with E-state index in [-0.39, 0.29) is 29.8 Å². The molecule has 0 saturated carbocycles. The van der Waals surface area contributed by atoms with Crippen LogP contribution in [0.1, 0.15) is 12.5 Å². The summed E-state index contributed by atoms with van der Waals surface area (Å²) in [6.07, 6.45) is 0.202. The number of nitrogens with zero attached hydrogens (tertiary/aromatic N) is 2. The van der Waals surface area contributed by atoms with E-state index in [2.05, 4.69) is 5.16 Å². The lowest BCUT2D eigenvalue weighted by molar-refractivity contribution is -0.129. The number of oxime groups is 1. The van der Waals surface area contributed by atoms with Crippen molar-refractivity contribution >= 4 is 11.7 Å². The molecule has 0 heterocycles. The fourth-order valence-electron chi connectivity index (χ4n) is 1.68. The maximum absolute atomic E-state index is 12.0. The van der Waals surface area contributed by atoms with Crippen LogP contribution >= 0.6 is 0 Å². The standard InChI is InChI=1S/C13H19N3O3/c1-9(13(14)15-19)8-16(2)12(18)7-10-4-3-5-11(17)6-10/h3-6,9,17,19H,7-8H2,1-2H3,(H2,14,15). The van der Waals surface area contributed by atoms with Crippen LogP contribution in [0.4, 0.5) is 0 Å². The number of hydrogen-bond donors (Lipinski definition) is 3. The number of nitrogens with two attached hydrogens (primary N) is 1. The molecule has 104 valence electrons. The number of hydrogen-bond acceptors (Lipinski definition) is 4. The highest BCUT2D eigenvalue weighted by Gasteiger charge is 2.15. The van der Waals surface area contributed by atoms with Gasteiger partial charge in [0, 0.05) is 19.5 Å². The van der Waals surface area contributed by atoms with Gasteiger partial charge in [0.05, 0.1) is 6.42 Å². The molecule has 4 N–H and O–H groups in total. The molecule has 1 atom stereocenters. The monoisotopic (exact) mass is 265 g/mol. The maximum Gasteiger partial charge on any atom is 0.226 e. The number of rotatable bonds is 5. The van der Waals surface area contributed by atoms with Gasteiger partial charge in [-0.15, -0.1) is 0 Å². The molecule has 0 spiro atoms. The molecule has 0 bridgehead atoms. The third kappa shape index (κ3) is 4.50. The summed E-state index contributed by atoms with van der Waals surface area (Å²) in [5.74, 6) is -0.0821. The van der Waals surface area contributed by atoms with E-state index < -0.39 is 0 Å². The second-order valence-corrected chi connectivity index (χ2v) is 4.55. The van der Waals surface area contributed by atoms with Crippen LogP contribution < -0.4 is 5.73 Å². The number of phenolic OH excluding ortho intramolecular Hbond substituents is 1. The van der Waals surface area contributed by atoms with Crippen molar-refractivity contribution in [1.29, 1.82) is 0 Å². The summed E-state index contributed by atoms with van der Waals surface area (Å²) in [5.41, 5.74) is 6.21. The summed E-state index contributed by atoms with van der Waals surface area (Å²) in [6.45, 7) is 2.14. The van der Waals surface area contributed by atoms with Crippen LogP contribution in [-0.2, 0) is 11.2 Å². The highest BCUT2D eigenvalue weighted by molar-refractivity contribution is 5.83. The molecule has 0 radical (unpaired) electrons. The van der Waals surface area contributed by atoms with Crippen LogP contribution in [0.25, 0.3) is 0 Å². The fraction of sp³-hybridized carbons (Fsp3) is 0.385. The van der Waals surface area contributed by atoms with Gasteiger partial charge in [0.1, 0.15) is 11.6 Å². The Bertz CT molecular complexity index is 474. The number of likely N-dealkylation sites (N-methyl/N-ethyl adjacent to an activating group) is 1. The van der Waals surface area contributed by atoms with E-state index in [9.17, 15) is 9.90 Å². The van der Waals surface area contributed by atoms with Crippen molar-refractivity contribution < 1.29 is 15.1 Å². The van der Waals surface area contributed by atoms with E-state index in [1.807, 2.05) is 0 Å². The molecule has 1 aromatic rings. The van der Waals surface area contributed by atoms with Gasteiger partial charge in [-0.2, -0.15) is 0 Å². The third-order valence-corrected chi connectivity index (χ3v) is 2.86. The van der Waals surface area contributed by atoms with Crippen molar-refractivity contribution in [3.8, 4) is 5.75 Å². The van der Waals surface area contributed by atoms with Crippen LogP contribution in [0.3, 0.4) is 0 Å². The molecular weight excluding hydrogens is 246 g/mol. The molecule has 1 aromatic carbocycles. The second-order valence-electron chi connectivity index (χ2n) is 4.55. The second kappa shape index (κ2) is 6.63. The number of amidine groups is 1. The topological polar surface area (TPSA) is 99.2 Å². The Balaban J connectivity index is 2.58. The quantitative estimate of drug-likeness (QED) is 0.317. The van der Waals surface area contributed by atoms with Gasteiger partial charge < -0.3 is 20.9 Å². The predicted octanol–water partition coefficient (Wildman–Crippen LogP) is 0.776. The summed E-state index contributed by atoms with van der Waals surface area (Å²) >= 11 is 0. The minimum Gasteiger partial charge on any atom is -0.508 e. The molecule has 0 aliphatic heterocycles. The number of carbonyl (C=O) groups excluding carboxylic acids is 1. The van der Waals surface area contributed by atoms with Crippen molar-refractivity contribution in [3.05, 3.63) is 29.8 Å². The number of benzene rings is 1. The Morgan fingerprint density at radius 2 is 2.21 bits per heavy atom. The molecule has 6 nitrogen and oxygen atoms in total. The molecule has 1 unspecified atom stereocenters. The van der Waals surface area contributed by atoms with Gasteiger partial charge in [-0.1, -0.05) is 24.2 Å². The van der Waals surface area contributed by atoms with Crippen LogP contribution in [0, 0.1) is 5.92 Å². The molecule has 1 amide bonds. The Morgan fingerprint density at radius 3 is 2.79 bits per heavy atom. The van der Waals surface area contributed by atoms with E-state index in [1.165, 1.54) is 4.90 Å². The van der Waals surface area contributed by atoms with Gasteiger partial charge in [-0.3, -0.25) is 4.79 Å². The highest BCUT2D eigenvalue weighted by Crippen LogP contribution is 2.12. The zero-order valence-electron chi connectivity index (χ0n) is 11.1. The molecular formula is C13H19N3O3. The Labute approximate surface area is 112 Å². The normalized spacial score (nSPS) is 13.1. The summed E-state index contributed by atoms with van der Waals surface area (Å²) in [6, 6.07) is 6.58.